The van der Waals surface area contributed by atoms with Crippen LogP contribution >= 0.6 is 0 Å². The second-order valence-electron chi connectivity index (χ2n) is 3.06. The van der Waals surface area contributed by atoms with E-state index in [0.717, 1.165) is 19.3 Å². The summed E-state index contributed by atoms with van der Waals surface area (Å²) in [5.74, 6) is -1.52. The number of hydrogen-bond donors (Lipinski definition) is 2. The maximum absolute atomic E-state index is 10.1. The smallest absolute Gasteiger partial charge is 0.303 e. The molecule has 0 saturated heterocycles. The predicted octanol–water partition coefficient (Wildman–Crippen LogP) is 1.12. The summed E-state index contributed by atoms with van der Waals surface area (Å²) >= 11 is 0. The summed E-state index contributed by atoms with van der Waals surface area (Å²) in [6.07, 6.45) is 4.53. The second-order valence-corrected chi connectivity index (χ2v) is 3.06. The molecule has 0 aliphatic carbocycles. The third-order valence-electron chi connectivity index (χ3n) is 1.78. The molecular formula is C9H16K2O4. The van der Waals surface area contributed by atoms with Crippen molar-refractivity contribution in [2.24, 2.45) is 0 Å². The van der Waals surface area contributed by atoms with Crippen molar-refractivity contribution >= 4 is 115 Å². The summed E-state index contributed by atoms with van der Waals surface area (Å²) < 4.78 is 0. The number of carboxylic acids is 2. The predicted molar refractivity (Wildman–Crippen MR) is 59.1 cm³/mol. The first-order chi connectivity index (χ1) is 6.13. The molecule has 15 heavy (non-hydrogen) atoms. The van der Waals surface area contributed by atoms with Crippen LogP contribution in [0.4, 0.5) is 0 Å². The Morgan fingerprint density at radius 2 is 0.933 bits per heavy atom. The van der Waals surface area contributed by atoms with Crippen LogP contribution in [0.3, 0.4) is 0 Å². The maximum atomic E-state index is 10.1. The van der Waals surface area contributed by atoms with E-state index >= 15 is 0 Å². The first-order valence-corrected chi connectivity index (χ1v) is 4.56. The van der Waals surface area contributed by atoms with Crippen LogP contribution in [-0.4, -0.2) is 125 Å². The molecule has 0 aromatic carbocycles. The van der Waals surface area contributed by atoms with Gasteiger partial charge < -0.3 is 10.2 Å². The van der Waals surface area contributed by atoms with Crippen molar-refractivity contribution in [2.45, 2.75) is 44.9 Å². The van der Waals surface area contributed by atoms with E-state index in [1.54, 1.807) is 0 Å². The van der Waals surface area contributed by atoms with E-state index in [9.17, 15) is 9.59 Å². The molecule has 0 aromatic rings. The van der Waals surface area contributed by atoms with E-state index in [-0.39, 0.29) is 116 Å². The fourth-order valence-electron chi connectivity index (χ4n) is 1.08. The molecular weight excluding hydrogens is 250 g/mol. The Hall–Kier alpha value is 2.21. The molecule has 0 aliphatic rings. The standard InChI is InChI=1S/C9H16O4.2K/c10-8(11)6-4-2-1-3-5-7-9(12)13;;/h1-7H2,(H,10,11)(H,12,13);;. The van der Waals surface area contributed by atoms with Gasteiger partial charge in [-0.15, -0.1) is 0 Å². The van der Waals surface area contributed by atoms with Gasteiger partial charge in [-0.2, -0.15) is 0 Å². The third-order valence-corrected chi connectivity index (χ3v) is 1.78. The van der Waals surface area contributed by atoms with Crippen molar-refractivity contribution in [1.29, 1.82) is 0 Å². The van der Waals surface area contributed by atoms with Crippen LogP contribution in [0.2, 0.25) is 0 Å². The topological polar surface area (TPSA) is 74.6 Å². The third kappa shape index (κ3) is 22.0. The van der Waals surface area contributed by atoms with E-state index in [1.807, 2.05) is 0 Å². The van der Waals surface area contributed by atoms with Crippen LogP contribution in [0.25, 0.3) is 0 Å². The molecule has 0 fully saturated rings. The zero-order valence-corrected chi connectivity index (χ0v) is 15.9. The van der Waals surface area contributed by atoms with Crippen molar-refractivity contribution in [3.05, 3.63) is 0 Å². The average molecular weight is 266 g/mol. The minimum atomic E-state index is -0.759. The molecule has 0 saturated carbocycles. The summed E-state index contributed by atoms with van der Waals surface area (Å²) in [4.78, 5) is 20.2. The number of aliphatic carboxylic acids is 2. The molecule has 0 spiro atoms. The summed E-state index contributed by atoms with van der Waals surface area (Å²) in [5.41, 5.74) is 0. The van der Waals surface area contributed by atoms with Crippen LogP contribution in [0.1, 0.15) is 44.9 Å². The number of carboxylic acid groups (broad SMARTS) is 2. The molecule has 0 bridgehead atoms. The molecule has 0 amide bonds. The average Bonchev–Trinajstić information content (AvgIpc) is 2.01. The molecule has 4 nitrogen and oxygen atoms in total. The van der Waals surface area contributed by atoms with Crippen LogP contribution in [0, 0.1) is 0 Å². The molecule has 6 heteroatoms. The summed E-state index contributed by atoms with van der Waals surface area (Å²) in [6, 6.07) is 0. The van der Waals surface area contributed by atoms with Crippen LogP contribution in [-0.2, 0) is 9.59 Å². The van der Waals surface area contributed by atoms with Gasteiger partial charge in [0.05, 0.1) is 0 Å². The first kappa shape index (κ1) is 22.4. The monoisotopic (exact) mass is 266 g/mol. The number of hydrogen-bond acceptors (Lipinski definition) is 2. The fraction of sp³-hybridized carbons (Fsp3) is 0.778. The van der Waals surface area contributed by atoms with E-state index in [2.05, 4.69) is 0 Å². The van der Waals surface area contributed by atoms with Crippen LogP contribution < -0.4 is 0 Å². The van der Waals surface area contributed by atoms with Crippen molar-refractivity contribution in [3.63, 3.8) is 0 Å². The van der Waals surface area contributed by atoms with Crippen LogP contribution in [0.5, 0.6) is 0 Å². The first-order valence-electron chi connectivity index (χ1n) is 4.56. The van der Waals surface area contributed by atoms with Gasteiger partial charge in [0, 0.05) is 116 Å². The SMILES string of the molecule is O=C(O)CCCCCCCC(=O)O.[K].[K]. The Bertz CT molecular complexity index is 155. The molecule has 0 atom stereocenters. The molecule has 2 N–H and O–H groups in total. The molecule has 0 unspecified atom stereocenters. The van der Waals surface area contributed by atoms with Gasteiger partial charge in [-0.25, -0.2) is 0 Å². The zero-order chi connectivity index (χ0) is 10.1. The van der Waals surface area contributed by atoms with Crippen molar-refractivity contribution in [2.75, 3.05) is 0 Å². The minimum Gasteiger partial charge on any atom is -0.481 e. The van der Waals surface area contributed by atoms with E-state index < -0.39 is 11.9 Å². The fourth-order valence-corrected chi connectivity index (χ4v) is 1.08. The Kier molecular flexibility index (Phi) is 24.2. The number of rotatable bonds is 8. The number of carbonyl (C=O) groups is 2. The van der Waals surface area contributed by atoms with Gasteiger partial charge in [0.15, 0.2) is 0 Å². The van der Waals surface area contributed by atoms with E-state index in [4.69, 9.17) is 10.2 Å². The van der Waals surface area contributed by atoms with Gasteiger partial charge in [0.1, 0.15) is 0 Å². The quantitative estimate of drug-likeness (QED) is 0.510. The van der Waals surface area contributed by atoms with Gasteiger partial charge in [-0.05, 0) is 12.8 Å². The summed E-state index contributed by atoms with van der Waals surface area (Å²) in [6.45, 7) is 0. The van der Waals surface area contributed by atoms with Crippen molar-refractivity contribution in [3.8, 4) is 0 Å². The second kappa shape index (κ2) is 16.2. The Balaban J connectivity index is -0.000000720. The van der Waals surface area contributed by atoms with Gasteiger partial charge in [-0.1, -0.05) is 19.3 Å². The summed E-state index contributed by atoms with van der Waals surface area (Å²) in [7, 11) is 0. The summed E-state index contributed by atoms with van der Waals surface area (Å²) in [5, 5.41) is 16.6. The molecule has 0 aromatic heterocycles. The largest absolute Gasteiger partial charge is 0.481 e. The Morgan fingerprint density at radius 3 is 1.20 bits per heavy atom. The minimum absolute atomic E-state index is 0. The molecule has 78 valence electrons. The Labute approximate surface area is 175 Å². The van der Waals surface area contributed by atoms with Gasteiger partial charge >= 0.3 is 11.9 Å². The molecule has 2 radical (unpaired) electrons. The molecule has 0 aliphatic heterocycles. The number of unbranched alkanes of at least 4 members (excludes halogenated alkanes) is 4. The molecule has 0 heterocycles. The molecule has 0 rings (SSSR count). The normalized spacial score (nSPS) is 8.53. The van der Waals surface area contributed by atoms with Gasteiger partial charge in [0.2, 0.25) is 0 Å². The van der Waals surface area contributed by atoms with Crippen molar-refractivity contribution < 1.29 is 19.8 Å². The van der Waals surface area contributed by atoms with Gasteiger partial charge in [-0.3, -0.25) is 9.59 Å². The zero-order valence-electron chi connectivity index (χ0n) is 9.66. The van der Waals surface area contributed by atoms with Crippen molar-refractivity contribution in [1.82, 2.24) is 0 Å². The van der Waals surface area contributed by atoms with E-state index in [1.165, 1.54) is 0 Å². The Morgan fingerprint density at radius 1 is 0.667 bits per heavy atom. The van der Waals surface area contributed by atoms with Gasteiger partial charge in [0.25, 0.3) is 0 Å². The van der Waals surface area contributed by atoms with Crippen LogP contribution in [0.15, 0.2) is 0 Å². The maximum Gasteiger partial charge on any atom is 0.303 e. The van der Waals surface area contributed by atoms with E-state index in [0.29, 0.717) is 12.8 Å².